The molecule has 34 heavy (non-hydrogen) atoms. The lowest BCUT2D eigenvalue weighted by Crippen LogP contribution is -2.43. The number of benzene rings is 1. The summed E-state index contributed by atoms with van der Waals surface area (Å²) in [6.45, 7) is 10.6. The summed E-state index contributed by atoms with van der Waals surface area (Å²) in [5.74, 6) is 2.10. The fourth-order valence-electron chi connectivity index (χ4n) is 4.16. The number of imidazole rings is 2. The molecule has 8 nitrogen and oxygen atoms in total. The largest absolute Gasteiger partial charge is 0.494 e. The van der Waals surface area contributed by atoms with Crippen LogP contribution in [-0.2, 0) is 0 Å². The van der Waals surface area contributed by atoms with Crippen LogP contribution in [0.3, 0.4) is 0 Å². The number of aromatic amines is 2. The number of rotatable bonds is 5. The monoisotopic (exact) mass is 455 g/mol. The van der Waals surface area contributed by atoms with Crippen LogP contribution in [-0.4, -0.2) is 75.1 Å². The highest BCUT2D eigenvalue weighted by atomic mass is 16.5. The molecule has 5 rings (SSSR count). The van der Waals surface area contributed by atoms with Crippen molar-refractivity contribution in [3.8, 4) is 28.7 Å². The average molecular weight is 456 g/mol. The number of hydrogen-bond donors (Lipinski definition) is 2. The summed E-state index contributed by atoms with van der Waals surface area (Å²) >= 11 is 0. The standard InChI is InChI=1S/C26H29N7O/c1-17(33-13-11-32(3)12-14-33)8-9-20-18(2)28-25(29-20)19-15-22-24(23(16-19)34-4)31-26(30-22)21-7-5-6-10-27-21/h5-10,15-16H,2,11-14H2,1,3-4H3,(H,28,29)(H,30,31)/b17-8+,20-9+. The molecule has 0 aliphatic carbocycles. The van der Waals surface area contributed by atoms with Crippen molar-refractivity contribution in [2.75, 3.05) is 40.3 Å². The number of fused-ring (bicyclic) bond motifs is 1. The number of nitrogens with one attached hydrogen (secondary N) is 2. The Kier molecular flexibility index (Phi) is 5.90. The number of hydrogen-bond acceptors (Lipinski definition) is 6. The Morgan fingerprint density at radius 1 is 1.09 bits per heavy atom. The maximum atomic E-state index is 5.64. The quantitative estimate of drug-likeness (QED) is 0.481. The summed E-state index contributed by atoms with van der Waals surface area (Å²) in [6, 6.07) is 9.71. The molecule has 0 bridgehead atoms. The molecule has 0 saturated carbocycles. The maximum Gasteiger partial charge on any atom is 0.157 e. The van der Waals surface area contributed by atoms with Crippen LogP contribution in [0.5, 0.6) is 5.75 Å². The molecule has 0 amide bonds. The van der Waals surface area contributed by atoms with Gasteiger partial charge in [-0.1, -0.05) is 12.6 Å². The average Bonchev–Trinajstić information content (AvgIpc) is 3.46. The number of methoxy groups -OCH3 is 1. The zero-order valence-corrected chi connectivity index (χ0v) is 19.8. The second kappa shape index (κ2) is 9.15. The zero-order valence-electron chi connectivity index (χ0n) is 19.8. The SMILES string of the molecule is C=c1[nH]c(-c2cc(OC)c3nc(-c4ccccn4)[nH]c3c2)n/c1=C/C=C(\C)N1CCN(C)CC1. The Hall–Kier alpha value is -3.91. The van der Waals surface area contributed by atoms with Gasteiger partial charge >= 0.3 is 0 Å². The summed E-state index contributed by atoms with van der Waals surface area (Å²) in [4.78, 5) is 25.3. The van der Waals surface area contributed by atoms with Crippen LogP contribution < -0.4 is 15.4 Å². The highest BCUT2D eigenvalue weighted by molar-refractivity contribution is 5.88. The molecule has 3 aromatic heterocycles. The third kappa shape index (κ3) is 4.32. The van der Waals surface area contributed by atoms with Crippen LogP contribution in [0.4, 0.5) is 0 Å². The highest BCUT2D eigenvalue weighted by Crippen LogP contribution is 2.31. The van der Waals surface area contributed by atoms with Crippen LogP contribution in [0.2, 0.25) is 0 Å². The van der Waals surface area contributed by atoms with Crippen molar-refractivity contribution in [3.05, 3.63) is 59.0 Å². The summed E-state index contributed by atoms with van der Waals surface area (Å²) in [7, 11) is 3.81. The fourth-order valence-corrected chi connectivity index (χ4v) is 4.16. The van der Waals surface area contributed by atoms with E-state index in [0.717, 1.165) is 65.0 Å². The number of allylic oxidation sites excluding steroid dienone is 2. The number of pyridine rings is 1. The van der Waals surface area contributed by atoms with E-state index >= 15 is 0 Å². The van der Waals surface area contributed by atoms with Crippen molar-refractivity contribution < 1.29 is 4.74 Å². The van der Waals surface area contributed by atoms with Gasteiger partial charge in [0.2, 0.25) is 0 Å². The lowest BCUT2D eigenvalue weighted by molar-refractivity contribution is 0.187. The Balaban J connectivity index is 1.48. The van der Waals surface area contributed by atoms with Crippen molar-refractivity contribution >= 4 is 23.7 Å². The molecule has 1 aromatic carbocycles. The number of ether oxygens (including phenoxy) is 1. The van der Waals surface area contributed by atoms with Gasteiger partial charge in [-0.15, -0.1) is 0 Å². The summed E-state index contributed by atoms with van der Waals surface area (Å²) in [6.07, 6.45) is 5.90. The van der Waals surface area contributed by atoms with Gasteiger partial charge in [0.15, 0.2) is 5.82 Å². The molecular weight excluding hydrogens is 426 g/mol. The van der Waals surface area contributed by atoms with Crippen molar-refractivity contribution in [1.82, 2.24) is 34.7 Å². The molecule has 1 saturated heterocycles. The smallest absolute Gasteiger partial charge is 0.157 e. The van der Waals surface area contributed by atoms with E-state index in [1.165, 1.54) is 5.70 Å². The van der Waals surface area contributed by atoms with Gasteiger partial charge in [0, 0.05) is 43.6 Å². The topological polar surface area (TPSA) is 86.0 Å². The molecule has 0 unspecified atom stereocenters. The number of likely N-dealkylation sites (N-methyl/N-ethyl adjacent to an activating group) is 1. The van der Waals surface area contributed by atoms with Crippen LogP contribution in [0.25, 0.3) is 46.6 Å². The van der Waals surface area contributed by atoms with E-state index in [9.17, 15) is 0 Å². The Morgan fingerprint density at radius 2 is 1.91 bits per heavy atom. The first-order chi connectivity index (χ1) is 16.5. The molecule has 2 N–H and O–H groups in total. The molecular formula is C26H29N7O. The van der Waals surface area contributed by atoms with Crippen molar-refractivity contribution in [1.29, 1.82) is 0 Å². The number of aromatic nitrogens is 5. The first kappa shape index (κ1) is 21.9. The van der Waals surface area contributed by atoms with Gasteiger partial charge in [-0.25, -0.2) is 9.97 Å². The third-order valence-electron chi connectivity index (χ3n) is 6.25. The van der Waals surface area contributed by atoms with Crippen molar-refractivity contribution in [3.63, 3.8) is 0 Å². The van der Waals surface area contributed by atoms with E-state index < -0.39 is 0 Å². The summed E-state index contributed by atoms with van der Waals surface area (Å²) < 4.78 is 5.64. The first-order valence-electron chi connectivity index (χ1n) is 11.4. The number of nitrogens with zero attached hydrogens (tertiary/aromatic N) is 5. The molecule has 4 heterocycles. The molecule has 1 aliphatic rings. The van der Waals surface area contributed by atoms with Crippen LogP contribution >= 0.6 is 0 Å². The minimum absolute atomic E-state index is 0.671. The lowest BCUT2D eigenvalue weighted by atomic mass is 10.1. The number of piperazine rings is 1. The Labute approximate surface area is 198 Å². The van der Waals surface area contributed by atoms with E-state index in [0.29, 0.717) is 11.6 Å². The van der Waals surface area contributed by atoms with Gasteiger partial charge in [-0.3, -0.25) is 4.98 Å². The van der Waals surface area contributed by atoms with Gasteiger partial charge in [-0.2, -0.15) is 0 Å². The zero-order chi connectivity index (χ0) is 23.7. The van der Waals surface area contributed by atoms with Crippen LogP contribution in [0, 0.1) is 0 Å². The van der Waals surface area contributed by atoms with Gasteiger partial charge in [0.05, 0.1) is 23.3 Å². The Morgan fingerprint density at radius 3 is 2.65 bits per heavy atom. The molecule has 0 atom stereocenters. The summed E-state index contributed by atoms with van der Waals surface area (Å²) in [5, 5.41) is 1.59. The van der Waals surface area contributed by atoms with E-state index in [1.54, 1.807) is 13.3 Å². The fraction of sp³-hybridized carbons (Fsp3) is 0.269. The molecule has 1 aliphatic heterocycles. The first-order valence-corrected chi connectivity index (χ1v) is 11.4. The Bertz CT molecular complexity index is 1440. The van der Waals surface area contributed by atoms with Crippen LogP contribution in [0.15, 0.2) is 48.3 Å². The third-order valence-corrected chi connectivity index (χ3v) is 6.25. The molecule has 0 radical (unpaired) electrons. The maximum absolute atomic E-state index is 5.64. The minimum Gasteiger partial charge on any atom is -0.494 e. The van der Waals surface area contributed by atoms with E-state index in [2.05, 4.69) is 51.4 Å². The van der Waals surface area contributed by atoms with Gasteiger partial charge in [0.1, 0.15) is 22.8 Å². The van der Waals surface area contributed by atoms with Crippen molar-refractivity contribution in [2.24, 2.45) is 0 Å². The van der Waals surface area contributed by atoms with E-state index in [1.807, 2.05) is 36.4 Å². The van der Waals surface area contributed by atoms with Crippen molar-refractivity contribution in [2.45, 2.75) is 6.92 Å². The summed E-state index contributed by atoms with van der Waals surface area (Å²) in [5.41, 5.74) is 4.52. The minimum atomic E-state index is 0.671. The van der Waals surface area contributed by atoms with Gasteiger partial charge < -0.3 is 24.5 Å². The molecule has 4 aromatic rings. The normalized spacial score (nSPS) is 15.9. The predicted octanol–water partition coefficient (Wildman–Crippen LogP) is 2.37. The second-order valence-electron chi connectivity index (χ2n) is 8.59. The number of H-pyrrole nitrogens is 2. The van der Waals surface area contributed by atoms with E-state index in [4.69, 9.17) is 14.7 Å². The van der Waals surface area contributed by atoms with Gasteiger partial charge in [0.25, 0.3) is 0 Å². The van der Waals surface area contributed by atoms with Gasteiger partial charge in [-0.05, 0) is 50.4 Å². The molecule has 8 heteroatoms. The lowest BCUT2D eigenvalue weighted by Gasteiger charge is -2.34. The predicted molar refractivity (Wildman–Crippen MR) is 136 cm³/mol. The highest BCUT2D eigenvalue weighted by Gasteiger charge is 2.15. The van der Waals surface area contributed by atoms with Crippen LogP contribution in [0.1, 0.15) is 6.92 Å². The molecule has 0 spiro atoms. The molecule has 1 fully saturated rings. The van der Waals surface area contributed by atoms with E-state index in [-0.39, 0.29) is 0 Å². The molecule has 174 valence electrons. The second-order valence-corrected chi connectivity index (χ2v) is 8.59.